The normalized spacial score (nSPS) is 21.2. The molecule has 1 atom stereocenters. The van der Waals surface area contributed by atoms with E-state index < -0.39 is 9.84 Å². The molecule has 1 amide bonds. The van der Waals surface area contributed by atoms with Gasteiger partial charge in [0.1, 0.15) is 0 Å². The molecule has 1 unspecified atom stereocenters. The minimum Gasteiger partial charge on any atom is -0.326 e. The maximum atomic E-state index is 11.9. The van der Waals surface area contributed by atoms with Crippen molar-refractivity contribution >= 4 is 21.4 Å². The lowest BCUT2D eigenvalue weighted by atomic mass is 10.0. The van der Waals surface area contributed by atoms with Crippen LogP contribution in [0, 0.1) is 5.92 Å². The van der Waals surface area contributed by atoms with E-state index in [1.807, 2.05) is 24.3 Å². The molecule has 1 saturated heterocycles. The maximum absolute atomic E-state index is 11.9. The Morgan fingerprint density at radius 2 is 2.21 bits per heavy atom. The van der Waals surface area contributed by atoms with Crippen LogP contribution in [0.1, 0.15) is 25.3 Å². The van der Waals surface area contributed by atoms with Crippen LogP contribution in [-0.2, 0) is 21.1 Å². The summed E-state index contributed by atoms with van der Waals surface area (Å²) in [6.45, 7) is 2.06. The van der Waals surface area contributed by atoms with Gasteiger partial charge in [0.25, 0.3) is 0 Å². The number of sulfone groups is 1. The standard InChI is InChI=1S/C14H19NO3S/c1-2-11-4-3-5-13(8-11)15-14(16)9-12-6-7-19(17,18)10-12/h3-5,8,12H,2,6-7,9-10H2,1H3,(H,15,16). The van der Waals surface area contributed by atoms with Crippen LogP contribution in [0.4, 0.5) is 5.69 Å². The molecule has 104 valence electrons. The minimum atomic E-state index is -2.90. The lowest BCUT2D eigenvalue weighted by molar-refractivity contribution is -0.116. The summed E-state index contributed by atoms with van der Waals surface area (Å²) < 4.78 is 22.7. The third-order valence-corrected chi connectivity index (χ3v) is 5.26. The summed E-state index contributed by atoms with van der Waals surface area (Å²) in [5, 5.41) is 2.84. The molecule has 0 spiro atoms. The molecule has 1 N–H and O–H groups in total. The van der Waals surface area contributed by atoms with Crippen LogP contribution >= 0.6 is 0 Å². The summed E-state index contributed by atoms with van der Waals surface area (Å²) >= 11 is 0. The fourth-order valence-corrected chi connectivity index (χ4v) is 4.24. The number of hydrogen-bond acceptors (Lipinski definition) is 3. The number of anilines is 1. The van der Waals surface area contributed by atoms with Gasteiger partial charge in [0, 0.05) is 12.1 Å². The molecular weight excluding hydrogens is 262 g/mol. The average Bonchev–Trinajstić information content (AvgIpc) is 2.68. The van der Waals surface area contributed by atoms with Crippen LogP contribution in [-0.4, -0.2) is 25.8 Å². The van der Waals surface area contributed by atoms with Gasteiger partial charge in [-0.1, -0.05) is 19.1 Å². The third-order valence-electron chi connectivity index (χ3n) is 3.42. The average molecular weight is 281 g/mol. The zero-order valence-corrected chi connectivity index (χ0v) is 11.9. The Morgan fingerprint density at radius 3 is 2.84 bits per heavy atom. The Bertz CT molecular complexity index is 566. The number of hydrogen-bond donors (Lipinski definition) is 1. The third kappa shape index (κ3) is 4.06. The van der Waals surface area contributed by atoms with E-state index in [4.69, 9.17) is 0 Å². The van der Waals surface area contributed by atoms with Gasteiger partial charge < -0.3 is 5.32 Å². The Morgan fingerprint density at radius 1 is 1.42 bits per heavy atom. The summed E-state index contributed by atoms with van der Waals surface area (Å²) in [4.78, 5) is 11.9. The van der Waals surface area contributed by atoms with E-state index >= 15 is 0 Å². The molecule has 0 aliphatic carbocycles. The first-order valence-electron chi connectivity index (χ1n) is 6.58. The van der Waals surface area contributed by atoms with E-state index in [-0.39, 0.29) is 29.8 Å². The van der Waals surface area contributed by atoms with E-state index in [0.717, 1.165) is 12.1 Å². The monoisotopic (exact) mass is 281 g/mol. The molecule has 4 nitrogen and oxygen atoms in total. The van der Waals surface area contributed by atoms with Crippen LogP contribution < -0.4 is 5.32 Å². The Labute approximate surface area is 114 Å². The summed E-state index contributed by atoms with van der Waals surface area (Å²) in [7, 11) is -2.90. The molecule has 0 saturated carbocycles. The summed E-state index contributed by atoms with van der Waals surface area (Å²) in [5.74, 6) is 0.237. The summed E-state index contributed by atoms with van der Waals surface area (Å²) in [6.07, 6.45) is 1.81. The quantitative estimate of drug-likeness (QED) is 0.918. The molecule has 2 rings (SSSR count). The number of nitrogens with one attached hydrogen (secondary N) is 1. The minimum absolute atomic E-state index is 0.0284. The number of aryl methyl sites for hydroxylation is 1. The second-order valence-corrected chi connectivity index (χ2v) is 7.30. The first-order chi connectivity index (χ1) is 8.98. The van der Waals surface area contributed by atoms with Gasteiger partial charge in [-0.05, 0) is 36.5 Å². The highest BCUT2D eigenvalue weighted by Crippen LogP contribution is 2.22. The van der Waals surface area contributed by atoms with E-state index in [1.54, 1.807) is 0 Å². The van der Waals surface area contributed by atoms with Gasteiger partial charge >= 0.3 is 0 Å². The maximum Gasteiger partial charge on any atom is 0.224 e. The number of benzene rings is 1. The van der Waals surface area contributed by atoms with Crippen LogP contribution in [0.2, 0.25) is 0 Å². The van der Waals surface area contributed by atoms with Crippen LogP contribution in [0.3, 0.4) is 0 Å². The lowest BCUT2D eigenvalue weighted by Gasteiger charge is -2.09. The van der Waals surface area contributed by atoms with Gasteiger partial charge in [-0.3, -0.25) is 4.79 Å². The highest BCUT2D eigenvalue weighted by Gasteiger charge is 2.29. The SMILES string of the molecule is CCc1cccc(NC(=O)CC2CCS(=O)(=O)C2)c1. The van der Waals surface area contributed by atoms with E-state index in [0.29, 0.717) is 6.42 Å². The number of amides is 1. The van der Waals surface area contributed by atoms with Gasteiger partial charge in [0.15, 0.2) is 9.84 Å². The number of carbonyl (C=O) groups excluding carboxylic acids is 1. The second-order valence-electron chi connectivity index (χ2n) is 5.08. The Hall–Kier alpha value is -1.36. The van der Waals surface area contributed by atoms with Gasteiger partial charge in [-0.25, -0.2) is 8.42 Å². The predicted octanol–water partition coefficient (Wildman–Crippen LogP) is 2.01. The molecule has 0 aromatic heterocycles. The summed E-state index contributed by atoms with van der Waals surface area (Å²) in [6, 6.07) is 7.72. The largest absolute Gasteiger partial charge is 0.326 e. The highest BCUT2D eigenvalue weighted by atomic mass is 32.2. The smallest absolute Gasteiger partial charge is 0.224 e. The van der Waals surface area contributed by atoms with Crippen molar-refractivity contribution in [2.75, 3.05) is 16.8 Å². The van der Waals surface area contributed by atoms with Crippen molar-refractivity contribution in [3.05, 3.63) is 29.8 Å². The van der Waals surface area contributed by atoms with Gasteiger partial charge in [-0.2, -0.15) is 0 Å². The zero-order chi connectivity index (χ0) is 13.9. The van der Waals surface area contributed by atoms with Gasteiger partial charge in [0.05, 0.1) is 11.5 Å². The molecule has 1 heterocycles. The van der Waals surface area contributed by atoms with Crippen molar-refractivity contribution in [3.63, 3.8) is 0 Å². The Balaban J connectivity index is 1.91. The molecule has 1 aromatic carbocycles. The Kier molecular flexibility index (Phi) is 4.24. The molecule has 1 aromatic rings. The van der Waals surface area contributed by atoms with E-state index in [2.05, 4.69) is 12.2 Å². The molecule has 1 aliphatic rings. The zero-order valence-electron chi connectivity index (χ0n) is 11.1. The van der Waals surface area contributed by atoms with Crippen molar-refractivity contribution in [2.45, 2.75) is 26.2 Å². The van der Waals surface area contributed by atoms with Gasteiger partial charge in [0.2, 0.25) is 5.91 Å². The lowest BCUT2D eigenvalue weighted by Crippen LogP contribution is -2.17. The van der Waals surface area contributed by atoms with Gasteiger partial charge in [-0.15, -0.1) is 0 Å². The molecule has 1 fully saturated rings. The molecule has 1 aliphatic heterocycles. The molecule has 5 heteroatoms. The molecule has 19 heavy (non-hydrogen) atoms. The van der Waals surface area contributed by atoms with Crippen LogP contribution in [0.25, 0.3) is 0 Å². The van der Waals surface area contributed by atoms with Crippen molar-refractivity contribution in [1.29, 1.82) is 0 Å². The first-order valence-corrected chi connectivity index (χ1v) is 8.40. The van der Waals surface area contributed by atoms with Crippen LogP contribution in [0.5, 0.6) is 0 Å². The van der Waals surface area contributed by atoms with Crippen molar-refractivity contribution in [3.8, 4) is 0 Å². The van der Waals surface area contributed by atoms with Crippen molar-refractivity contribution in [1.82, 2.24) is 0 Å². The topological polar surface area (TPSA) is 63.2 Å². The van der Waals surface area contributed by atoms with Crippen molar-refractivity contribution < 1.29 is 13.2 Å². The molecular formula is C14H19NO3S. The predicted molar refractivity (Wildman–Crippen MR) is 75.8 cm³/mol. The fourth-order valence-electron chi connectivity index (χ4n) is 2.38. The van der Waals surface area contributed by atoms with Crippen molar-refractivity contribution in [2.24, 2.45) is 5.92 Å². The van der Waals surface area contributed by atoms with E-state index in [9.17, 15) is 13.2 Å². The molecule has 0 bridgehead atoms. The number of carbonyl (C=O) groups is 1. The molecule has 0 radical (unpaired) electrons. The summed E-state index contributed by atoms with van der Waals surface area (Å²) in [5.41, 5.74) is 1.95. The highest BCUT2D eigenvalue weighted by molar-refractivity contribution is 7.91. The first kappa shape index (κ1) is 14.1. The number of rotatable bonds is 4. The second kappa shape index (κ2) is 5.74. The fraction of sp³-hybridized carbons (Fsp3) is 0.500. The van der Waals surface area contributed by atoms with E-state index in [1.165, 1.54) is 5.56 Å². The van der Waals surface area contributed by atoms with Crippen LogP contribution in [0.15, 0.2) is 24.3 Å².